The van der Waals surface area contributed by atoms with Gasteiger partial charge in [0.05, 0.1) is 5.56 Å². The Balaban J connectivity index is 2.75. The molecule has 1 amide bonds. The summed E-state index contributed by atoms with van der Waals surface area (Å²) in [6.07, 6.45) is 0. The predicted octanol–water partition coefficient (Wildman–Crippen LogP) is 1.60. The SMILES string of the molecule is CN(C)C(C)(C)CNC(=O)c1cc(F)ccc1O. The van der Waals surface area contributed by atoms with Crippen molar-refractivity contribution in [1.82, 2.24) is 10.2 Å². The standard InChI is InChI=1S/C13H19FN2O2/c1-13(2,16(3)4)8-15-12(18)10-7-9(14)5-6-11(10)17/h5-7,17H,8H2,1-4H3,(H,15,18). The van der Waals surface area contributed by atoms with E-state index in [9.17, 15) is 14.3 Å². The van der Waals surface area contributed by atoms with Gasteiger partial charge in [-0.25, -0.2) is 4.39 Å². The van der Waals surface area contributed by atoms with Gasteiger partial charge < -0.3 is 15.3 Å². The highest BCUT2D eigenvalue weighted by molar-refractivity contribution is 5.96. The maximum Gasteiger partial charge on any atom is 0.255 e. The van der Waals surface area contributed by atoms with Gasteiger partial charge in [0.2, 0.25) is 0 Å². The second kappa shape index (κ2) is 5.35. The first-order valence-electron chi connectivity index (χ1n) is 5.68. The van der Waals surface area contributed by atoms with Crippen LogP contribution in [0.3, 0.4) is 0 Å². The Morgan fingerprint density at radius 3 is 2.61 bits per heavy atom. The zero-order valence-electron chi connectivity index (χ0n) is 11.1. The number of benzene rings is 1. The van der Waals surface area contributed by atoms with E-state index in [1.54, 1.807) is 0 Å². The second-order valence-electron chi connectivity index (χ2n) is 5.05. The van der Waals surface area contributed by atoms with Crippen molar-refractivity contribution in [2.45, 2.75) is 19.4 Å². The summed E-state index contributed by atoms with van der Waals surface area (Å²) >= 11 is 0. The van der Waals surface area contributed by atoms with Crippen LogP contribution in [0.1, 0.15) is 24.2 Å². The second-order valence-corrected chi connectivity index (χ2v) is 5.05. The van der Waals surface area contributed by atoms with Crippen LogP contribution in [0.2, 0.25) is 0 Å². The van der Waals surface area contributed by atoms with Crippen LogP contribution in [0.15, 0.2) is 18.2 Å². The summed E-state index contributed by atoms with van der Waals surface area (Å²) in [5.74, 6) is -1.26. The van der Waals surface area contributed by atoms with Gasteiger partial charge in [-0.05, 0) is 46.1 Å². The van der Waals surface area contributed by atoms with Crippen molar-refractivity contribution in [1.29, 1.82) is 0 Å². The summed E-state index contributed by atoms with van der Waals surface area (Å²) < 4.78 is 13.0. The lowest BCUT2D eigenvalue weighted by Gasteiger charge is -2.32. The van der Waals surface area contributed by atoms with Gasteiger partial charge in [0.15, 0.2) is 0 Å². The van der Waals surface area contributed by atoms with Crippen molar-refractivity contribution in [3.63, 3.8) is 0 Å². The summed E-state index contributed by atoms with van der Waals surface area (Å²) in [4.78, 5) is 13.8. The molecule has 0 atom stereocenters. The van der Waals surface area contributed by atoms with Crippen LogP contribution in [0, 0.1) is 5.82 Å². The highest BCUT2D eigenvalue weighted by atomic mass is 19.1. The summed E-state index contributed by atoms with van der Waals surface area (Å²) in [5, 5.41) is 12.2. The fourth-order valence-electron chi connectivity index (χ4n) is 1.24. The minimum atomic E-state index is -0.551. The maximum atomic E-state index is 13.0. The number of nitrogens with zero attached hydrogens (tertiary/aromatic N) is 1. The largest absolute Gasteiger partial charge is 0.507 e. The Morgan fingerprint density at radius 1 is 1.44 bits per heavy atom. The van der Waals surface area contributed by atoms with E-state index >= 15 is 0 Å². The average Bonchev–Trinajstić information content (AvgIpc) is 2.29. The van der Waals surface area contributed by atoms with Crippen LogP contribution in [0.4, 0.5) is 4.39 Å². The van der Waals surface area contributed by atoms with Crippen molar-refractivity contribution in [2.75, 3.05) is 20.6 Å². The minimum Gasteiger partial charge on any atom is -0.507 e. The number of likely N-dealkylation sites (N-methyl/N-ethyl adjacent to an activating group) is 1. The van der Waals surface area contributed by atoms with Crippen LogP contribution < -0.4 is 5.32 Å². The number of amides is 1. The molecule has 18 heavy (non-hydrogen) atoms. The van der Waals surface area contributed by atoms with Gasteiger partial charge in [-0.3, -0.25) is 4.79 Å². The number of phenolic OH excluding ortho intramolecular Hbond substituents is 1. The molecule has 0 heterocycles. The summed E-state index contributed by atoms with van der Waals surface area (Å²) in [6.45, 7) is 4.34. The van der Waals surface area contributed by atoms with E-state index in [4.69, 9.17) is 0 Å². The van der Waals surface area contributed by atoms with Gasteiger partial charge in [-0.1, -0.05) is 0 Å². The zero-order valence-corrected chi connectivity index (χ0v) is 11.1. The molecule has 0 unspecified atom stereocenters. The quantitative estimate of drug-likeness (QED) is 0.858. The van der Waals surface area contributed by atoms with Crippen LogP contribution in [-0.4, -0.2) is 42.1 Å². The Kier molecular flexibility index (Phi) is 4.29. The van der Waals surface area contributed by atoms with E-state index in [0.717, 1.165) is 12.1 Å². The summed E-state index contributed by atoms with van der Waals surface area (Å²) in [5.41, 5.74) is -0.275. The Hall–Kier alpha value is -1.62. The summed E-state index contributed by atoms with van der Waals surface area (Å²) in [7, 11) is 3.82. The molecule has 1 rings (SSSR count). The number of phenols is 1. The normalized spacial score (nSPS) is 11.7. The smallest absolute Gasteiger partial charge is 0.255 e. The van der Waals surface area contributed by atoms with Crippen molar-refractivity contribution in [3.05, 3.63) is 29.6 Å². The van der Waals surface area contributed by atoms with Crippen LogP contribution in [0.5, 0.6) is 5.75 Å². The van der Waals surface area contributed by atoms with Gasteiger partial charge >= 0.3 is 0 Å². The number of carbonyl (C=O) groups is 1. The van der Waals surface area contributed by atoms with Crippen LogP contribution >= 0.6 is 0 Å². The predicted molar refractivity (Wildman–Crippen MR) is 68.2 cm³/mol. The van der Waals surface area contributed by atoms with Gasteiger partial charge in [-0.15, -0.1) is 0 Å². The minimum absolute atomic E-state index is 0.0513. The van der Waals surface area contributed by atoms with Gasteiger partial charge in [0, 0.05) is 12.1 Å². The first-order valence-corrected chi connectivity index (χ1v) is 5.68. The Morgan fingerprint density at radius 2 is 2.06 bits per heavy atom. The van der Waals surface area contributed by atoms with Crippen molar-refractivity contribution in [2.24, 2.45) is 0 Å². The van der Waals surface area contributed by atoms with Crippen molar-refractivity contribution >= 4 is 5.91 Å². The molecule has 0 aliphatic rings. The molecule has 1 aromatic rings. The Bertz CT molecular complexity index is 445. The molecule has 0 saturated carbocycles. The number of hydrogen-bond donors (Lipinski definition) is 2. The molecule has 0 spiro atoms. The van der Waals surface area contributed by atoms with E-state index in [1.807, 2.05) is 32.8 Å². The van der Waals surface area contributed by atoms with Crippen molar-refractivity contribution < 1.29 is 14.3 Å². The van der Waals surface area contributed by atoms with Gasteiger partial charge in [0.25, 0.3) is 5.91 Å². The third kappa shape index (κ3) is 3.43. The molecule has 100 valence electrons. The molecular weight excluding hydrogens is 235 g/mol. The zero-order chi connectivity index (χ0) is 13.9. The summed E-state index contributed by atoms with van der Waals surface area (Å²) in [6, 6.07) is 3.30. The van der Waals surface area contributed by atoms with Crippen molar-refractivity contribution in [3.8, 4) is 5.75 Å². The molecule has 1 aromatic carbocycles. The molecule has 5 heteroatoms. The fraction of sp³-hybridized carbons (Fsp3) is 0.462. The molecular formula is C13H19FN2O2. The molecule has 2 N–H and O–H groups in total. The van der Waals surface area contributed by atoms with Gasteiger partial charge in [0.1, 0.15) is 11.6 Å². The molecule has 0 aromatic heterocycles. The maximum absolute atomic E-state index is 13.0. The lowest BCUT2D eigenvalue weighted by molar-refractivity contribution is 0.0916. The lowest BCUT2D eigenvalue weighted by Crippen LogP contribution is -2.48. The first-order chi connectivity index (χ1) is 8.24. The number of carbonyl (C=O) groups excluding carboxylic acids is 1. The highest BCUT2D eigenvalue weighted by Gasteiger charge is 2.22. The monoisotopic (exact) mass is 254 g/mol. The lowest BCUT2D eigenvalue weighted by atomic mass is 10.0. The highest BCUT2D eigenvalue weighted by Crippen LogP contribution is 2.18. The van der Waals surface area contributed by atoms with Gasteiger partial charge in [-0.2, -0.15) is 0 Å². The molecule has 0 radical (unpaired) electrons. The van der Waals surface area contributed by atoms with E-state index < -0.39 is 11.7 Å². The van der Waals surface area contributed by atoms with Crippen LogP contribution in [-0.2, 0) is 0 Å². The van der Waals surface area contributed by atoms with E-state index in [2.05, 4.69) is 5.32 Å². The average molecular weight is 254 g/mol. The number of rotatable bonds is 4. The molecule has 0 fully saturated rings. The van der Waals surface area contributed by atoms with Crippen LogP contribution in [0.25, 0.3) is 0 Å². The molecule has 0 aliphatic carbocycles. The molecule has 0 aliphatic heterocycles. The number of hydrogen-bond acceptors (Lipinski definition) is 3. The molecule has 4 nitrogen and oxygen atoms in total. The molecule has 0 saturated heterocycles. The third-order valence-corrected chi connectivity index (χ3v) is 3.10. The topological polar surface area (TPSA) is 52.6 Å². The fourth-order valence-corrected chi connectivity index (χ4v) is 1.24. The van der Waals surface area contributed by atoms with E-state index in [0.29, 0.717) is 6.54 Å². The number of aromatic hydroxyl groups is 1. The third-order valence-electron chi connectivity index (χ3n) is 3.10. The Labute approximate surface area is 106 Å². The first kappa shape index (κ1) is 14.4. The number of nitrogens with one attached hydrogen (secondary N) is 1. The van der Waals surface area contributed by atoms with E-state index in [1.165, 1.54) is 6.07 Å². The molecule has 0 bridgehead atoms. The van der Waals surface area contributed by atoms with E-state index in [-0.39, 0.29) is 16.9 Å². The number of halogens is 1.